The van der Waals surface area contributed by atoms with Gasteiger partial charge in [0.05, 0.1) is 43.7 Å². The molecule has 0 radical (unpaired) electrons. The second-order valence-electron chi connectivity index (χ2n) is 12.2. The average Bonchev–Trinajstić information content (AvgIpc) is 3.16. The number of rotatable bonds is 10. The Bertz CT molecular complexity index is 2370. The maximum Gasteiger partial charge on any atom is 0.257 e. The topological polar surface area (TPSA) is 133 Å². The van der Waals surface area contributed by atoms with Crippen LogP contribution in [-0.2, 0) is 20.0 Å². The van der Waals surface area contributed by atoms with Crippen molar-refractivity contribution in [2.75, 3.05) is 10.0 Å². The van der Waals surface area contributed by atoms with E-state index in [4.69, 9.17) is 0 Å². The number of nitrogens with zero attached hydrogens (tertiary/aromatic N) is 2. The lowest BCUT2D eigenvalue weighted by Crippen LogP contribution is -2.42. The lowest BCUT2D eigenvalue weighted by molar-refractivity contribution is 0.0980. The van der Waals surface area contributed by atoms with Crippen molar-refractivity contribution in [3.8, 4) is 0 Å². The summed E-state index contributed by atoms with van der Waals surface area (Å²) in [6, 6.07) is 38.9. The second-order valence-corrected chi connectivity index (χ2v) is 15.5. The van der Waals surface area contributed by atoms with Crippen molar-refractivity contribution in [1.82, 2.24) is 9.66 Å². The zero-order valence-corrected chi connectivity index (χ0v) is 29.6. The van der Waals surface area contributed by atoms with Crippen molar-refractivity contribution in [3.63, 3.8) is 0 Å². The molecule has 1 aliphatic rings. The Balaban J connectivity index is 1.47. The van der Waals surface area contributed by atoms with Crippen molar-refractivity contribution in [1.29, 1.82) is 0 Å². The number of carbonyl (C=O) groups excluding carboxylic acids is 2. The minimum Gasteiger partial charge on any atom is -0.288 e. The standard InChI is InChI=1S/C40H32N4O6S2/c1-27-17-21-31(22-18-27)51(47,48)41-43(29-11-5-3-6-12-29)35-25-26-36(38-37(35)39(45)33-15-9-10-16-34(33)40(38)46)44(30-13-7-4-8-14-30)42-52(49,50)32-23-19-28(2)20-24-32/h3-26,41-42H,1-2H3. The van der Waals surface area contributed by atoms with Crippen LogP contribution in [0.5, 0.6) is 0 Å². The fourth-order valence-electron chi connectivity index (χ4n) is 5.98. The quantitative estimate of drug-likeness (QED) is 0.142. The van der Waals surface area contributed by atoms with Gasteiger partial charge in [0.25, 0.3) is 20.0 Å². The molecule has 0 atom stereocenters. The largest absolute Gasteiger partial charge is 0.288 e. The predicted octanol–water partition coefficient (Wildman–Crippen LogP) is 7.14. The fraction of sp³-hybridized carbons (Fsp3) is 0.0500. The zero-order chi connectivity index (χ0) is 36.6. The molecule has 10 nitrogen and oxygen atoms in total. The van der Waals surface area contributed by atoms with Gasteiger partial charge < -0.3 is 0 Å². The summed E-state index contributed by atoms with van der Waals surface area (Å²) >= 11 is 0. The highest BCUT2D eigenvalue weighted by Gasteiger charge is 2.38. The summed E-state index contributed by atoms with van der Waals surface area (Å²) in [4.78, 5) is 34.5. The van der Waals surface area contributed by atoms with E-state index in [1.807, 2.05) is 13.8 Å². The van der Waals surface area contributed by atoms with Crippen LogP contribution in [0.15, 0.2) is 155 Å². The van der Waals surface area contributed by atoms with Gasteiger partial charge in [-0.25, -0.2) is 16.8 Å². The van der Waals surface area contributed by atoms with Crippen LogP contribution in [0.2, 0.25) is 0 Å². The van der Waals surface area contributed by atoms with Crippen LogP contribution in [0.4, 0.5) is 22.7 Å². The molecule has 0 spiro atoms. The summed E-state index contributed by atoms with van der Waals surface area (Å²) in [6.07, 6.45) is 0. The van der Waals surface area contributed by atoms with Crippen molar-refractivity contribution in [2.45, 2.75) is 23.6 Å². The normalized spacial score (nSPS) is 12.6. The van der Waals surface area contributed by atoms with E-state index in [0.717, 1.165) is 11.1 Å². The molecule has 0 fully saturated rings. The molecule has 260 valence electrons. The summed E-state index contributed by atoms with van der Waals surface area (Å²) in [7, 11) is -8.48. The molecule has 0 amide bonds. The summed E-state index contributed by atoms with van der Waals surface area (Å²) < 4.78 is 55.6. The summed E-state index contributed by atoms with van der Waals surface area (Å²) in [5.41, 5.74) is 2.57. The van der Waals surface area contributed by atoms with E-state index in [-0.39, 0.29) is 43.4 Å². The molecule has 6 aromatic rings. The molecule has 1 aliphatic carbocycles. The van der Waals surface area contributed by atoms with E-state index >= 15 is 0 Å². The molecular formula is C40H32N4O6S2. The van der Waals surface area contributed by atoms with Crippen LogP contribution in [0.3, 0.4) is 0 Å². The molecule has 0 unspecified atom stereocenters. The van der Waals surface area contributed by atoms with Gasteiger partial charge in [-0.3, -0.25) is 19.6 Å². The number of carbonyl (C=O) groups is 2. The molecule has 0 saturated carbocycles. The van der Waals surface area contributed by atoms with E-state index in [0.29, 0.717) is 11.4 Å². The molecule has 12 heteroatoms. The monoisotopic (exact) mass is 728 g/mol. The predicted molar refractivity (Wildman–Crippen MR) is 200 cm³/mol. The van der Waals surface area contributed by atoms with Crippen molar-refractivity contribution in [2.24, 2.45) is 0 Å². The van der Waals surface area contributed by atoms with Gasteiger partial charge in [0.1, 0.15) is 0 Å². The van der Waals surface area contributed by atoms with E-state index in [9.17, 15) is 26.4 Å². The van der Waals surface area contributed by atoms with Gasteiger partial charge in [-0.15, -0.1) is 9.66 Å². The average molecular weight is 729 g/mol. The Morgan fingerprint density at radius 2 is 0.750 bits per heavy atom. The Morgan fingerprint density at radius 1 is 0.423 bits per heavy atom. The second kappa shape index (κ2) is 13.7. The first-order valence-electron chi connectivity index (χ1n) is 16.2. The number of hydrogen-bond donors (Lipinski definition) is 2. The highest BCUT2D eigenvalue weighted by Crippen LogP contribution is 2.42. The van der Waals surface area contributed by atoms with Crippen molar-refractivity contribution < 1.29 is 26.4 Å². The molecule has 0 aliphatic heterocycles. The third-order valence-corrected chi connectivity index (χ3v) is 11.3. The summed E-state index contributed by atoms with van der Waals surface area (Å²) in [6.45, 7) is 3.68. The van der Waals surface area contributed by atoms with Crippen LogP contribution in [-0.4, -0.2) is 28.4 Å². The van der Waals surface area contributed by atoms with Gasteiger partial charge in [-0.2, -0.15) is 0 Å². The van der Waals surface area contributed by atoms with Gasteiger partial charge in [0.2, 0.25) is 0 Å². The number of hydrazine groups is 2. The smallest absolute Gasteiger partial charge is 0.257 e. The van der Waals surface area contributed by atoms with Crippen LogP contribution in [0, 0.1) is 13.8 Å². The maximum atomic E-state index is 14.6. The molecule has 6 aromatic carbocycles. The van der Waals surface area contributed by atoms with Gasteiger partial charge in [0, 0.05) is 11.1 Å². The van der Waals surface area contributed by atoms with Crippen LogP contribution in [0.1, 0.15) is 43.0 Å². The first-order valence-corrected chi connectivity index (χ1v) is 19.2. The number of fused-ring (bicyclic) bond motifs is 2. The van der Waals surface area contributed by atoms with Crippen molar-refractivity contribution in [3.05, 3.63) is 179 Å². The Kier molecular flexibility index (Phi) is 9.07. The SMILES string of the molecule is Cc1ccc(S(=O)(=O)NN(c2ccccc2)c2ccc(N(NS(=O)(=O)c3ccc(C)cc3)c3ccccc3)c3c2C(=O)c2ccccc2C3=O)cc1. The highest BCUT2D eigenvalue weighted by atomic mass is 32.2. The Morgan fingerprint density at radius 3 is 1.10 bits per heavy atom. The van der Waals surface area contributed by atoms with E-state index in [1.165, 1.54) is 58.5 Å². The highest BCUT2D eigenvalue weighted by molar-refractivity contribution is 7.89. The minimum atomic E-state index is -4.24. The fourth-order valence-corrected chi connectivity index (χ4v) is 8.07. The zero-order valence-electron chi connectivity index (χ0n) is 28.0. The molecule has 52 heavy (non-hydrogen) atoms. The summed E-state index contributed by atoms with van der Waals surface area (Å²) in [5.74, 6) is -1.10. The Hall–Kier alpha value is -5.92. The molecule has 0 saturated heterocycles. The molecule has 0 bridgehead atoms. The third-order valence-electron chi connectivity index (χ3n) is 8.63. The molecule has 2 N–H and O–H groups in total. The third kappa shape index (κ3) is 6.51. The molecule has 7 rings (SSSR count). The van der Waals surface area contributed by atoms with Crippen molar-refractivity contribution >= 4 is 54.4 Å². The van der Waals surface area contributed by atoms with E-state index in [2.05, 4.69) is 9.66 Å². The number of para-hydroxylation sites is 2. The Labute approximate surface area is 302 Å². The lowest BCUT2D eigenvalue weighted by atomic mass is 9.82. The molecular weight excluding hydrogens is 697 g/mol. The van der Waals surface area contributed by atoms with Gasteiger partial charge in [0.15, 0.2) is 11.6 Å². The first kappa shape index (κ1) is 34.5. The number of anilines is 4. The number of sulfonamides is 2. The maximum absolute atomic E-state index is 14.6. The van der Waals surface area contributed by atoms with Crippen LogP contribution < -0.4 is 19.7 Å². The number of benzene rings is 6. The van der Waals surface area contributed by atoms with Gasteiger partial charge >= 0.3 is 0 Å². The minimum absolute atomic E-state index is 0.0157. The number of hydrogen-bond acceptors (Lipinski definition) is 8. The van der Waals surface area contributed by atoms with E-state index < -0.39 is 31.6 Å². The van der Waals surface area contributed by atoms with Gasteiger partial charge in [-0.1, -0.05) is 96.1 Å². The number of aryl methyl sites for hydroxylation is 2. The van der Waals surface area contributed by atoms with Gasteiger partial charge in [-0.05, 0) is 74.5 Å². The molecule has 0 aromatic heterocycles. The van der Waals surface area contributed by atoms with Crippen LogP contribution >= 0.6 is 0 Å². The van der Waals surface area contributed by atoms with E-state index in [1.54, 1.807) is 97.1 Å². The van der Waals surface area contributed by atoms with Crippen LogP contribution in [0.25, 0.3) is 0 Å². The first-order chi connectivity index (χ1) is 24.9. The summed E-state index contributed by atoms with van der Waals surface area (Å²) in [5, 5.41) is 2.50. The number of nitrogens with one attached hydrogen (secondary N) is 2. The molecule has 0 heterocycles. The lowest BCUT2D eigenvalue weighted by Gasteiger charge is -2.33. The number of ketones is 2.